The van der Waals surface area contributed by atoms with Crippen LogP contribution in [0.5, 0.6) is 0 Å². The molecule has 3 heterocycles. The number of likely N-dealkylation sites (tertiary alicyclic amines) is 1. The van der Waals surface area contributed by atoms with Crippen molar-refractivity contribution < 1.29 is 18.0 Å². The number of imidazole rings is 1. The molecule has 140 valence electrons. The Balaban J connectivity index is 1.44. The van der Waals surface area contributed by atoms with Gasteiger partial charge in [-0.3, -0.25) is 4.79 Å². The molecule has 0 aliphatic carbocycles. The molecule has 1 aromatic heterocycles. The summed E-state index contributed by atoms with van der Waals surface area (Å²) in [5.74, 6) is 0.604. The zero-order chi connectivity index (χ0) is 18.3. The molecule has 3 unspecified atom stereocenters. The summed E-state index contributed by atoms with van der Waals surface area (Å²) in [5.41, 5.74) is 6.51. The molecule has 0 bridgehead atoms. The fraction of sp³-hybridized carbons (Fsp3) is 0.529. The number of rotatable bonds is 2. The molecule has 2 aliphatic heterocycles. The molecule has 1 amide bonds. The molecule has 26 heavy (non-hydrogen) atoms. The van der Waals surface area contributed by atoms with Gasteiger partial charge in [-0.25, -0.2) is 15.8 Å². The third kappa shape index (κ3) is 3.28. The first-order chi connectivity index (χ1) is 12.4. The number of carbonyl (C=O) groups excluding carboxylic acids is 1. The zero-order valence-corrected chi connectivity index (χ0v) is 14.0. The number of amides is 1. The number of H-pyrrole nitrogens is 1. The van der Waals surface area contributed by atoms with Gasteiger partial charge in [0.05, 0.1) is 11.0 Å². The minimum atomic E-state index is -4.36. The second kappa shape index (κ2) is 6.55. The predicted octanol–water partition coefficient (Wildman–Crippen LogP) is 2.07. The molecule has 2 aliphatic rings. The van der Waals surface area contributed by atoms with Gasteiger partial charge < -0.3 is 9.88 Å². The molecule has 0 spiro atoms. The number of benzene rings is 1. The van der Waals surface area contributed by atoms with Crippen LogP contribution >= 0.6 is 0 Å². The van der Waals surface area contributed by atoms with Crippen molar-refractivity contribution in [3.8, 4) is 0 Å². The van der Waals surface area contributed by atoms with E-state index in [2.05, 4.69) is 20.8 Å². The van der Waals surface area contributed by atoms with Crippen LogP contribution in [0.2, 0.25) is 0 Å². The normalized spacial score (nSPS) is 27.2. The molecule has 2 fully saturated rings. The van der Waals surface area contributed by atoms with Crippen molar-refractivity contribution in [2.24, 2.45) is 0 Å². The summed E-state index contributed by atoms with van der Waals surface area (Å²) in [7, 11) is 0. The molecule has 9 heteroatoms. The van der Waals surface area contributed by atoms with Crippen molar-refractivity contribution in [3.05, 3.63) is 30.1 Å². The number of fused-ring (bicyclic) bond motifs is 1. The number of halogens is 3. The number of carbonyl (C=O) groups is 1. The van der Waals surface area contributed by atoms with E-state index in [1.54, 1.807) is 4.90 Å². The SMILES string of the molecule is O=C(C1CC(C(F)(F)F)NN1)N1CCCC(c2nc3ccccc3[nH]2)C1. The molecule has 0 radical (unpaired) electrons. The van der Waals surface area contributed by atoms with Crippen molar-refractivity contribution in [1.82, 2.24) is 25.7 Å². The maximum absolute atomic E-state index is 12.8. The van der Waals surface area contributed by atoms with Crippen LogP contribution in [0.4, 0.5) is 13.2 Å². The quantitative estimate of drug-likeness (QED) is 0.760. The number of hydrazine groups is 1. The Morgan fingerprint density at radius 3 is 2.77 bits per heavy atom. The summed E-state index contributed by atoms with van der Waals surface area (Å²) in [5, 5.41) is 0. The third-order valence-electron chi connectivity index (χ3n) is 5.12. The number of piperidine rings is 1. The van der Waals surface area contributed by atoms with E-state index < -0.39 is 18.3 Å². The number of para-hydroxylation sites is 2. The highest BCUT2D eigenvalue weighted by atomic mass is 19.4. The van der Waals surface area contributed by atoms with Gasteiger partial charge in [0.25, 0.3) is 0 Å². The summed E-state index contributed by atoms with van der Waals surface area (Å²) in [4.78, 5) is 22.2. The average Bonchev–Trinajstić information content (AvgIpc) is 3.28. The Labute approximate surface area is 148 Å². The smallest absolute Gasteiger partial charge is 0.342 e. The summed E-state index contributed by atoms with van der Waals surface area (Å²) in [6.45, 7) is 1.03. The van der Waals surface area contributed by atoms with Crippen LogP contribution in [0, 0.1) is 0 Å². The van der Waals surface area contributed by atoms with E-state index in [1.165, 1.54) is 0 Å². The van der Waals surface area contributed by atoms with Crippen LogP contribution in [0.3, 0.4) is 0 Å². The summed E-state index contributed by atoms with van der Waals surface area (Å²) in [6.07, 6.45) is -2.95. The lowest BCUT2D eigenvalue weighted by atomic mass is 9.96. The number of alkyl halides is 3. The summed E-state index contributed by atoms with van der Waals surface area (Å²) >= 11 is 0. The maximum Gasteiger partial charge on any atom is 0.405 e. The Morgan fingerprint density at radius 2 is 2.04 bits per heavy atom. The monoisotopic (exact) mass is 367 g/mol. The maximum atomic E-state index is 12.8. The highest BCUT2D eigenvalue weighted by Crippen LogP contribution is 2.29. The standard InChI is InChI=1S/C17H20F3N5O/c18-17(19,20)14-8-13(23-24-14)16(26)25-7-3-4-10(9-25)15-21-11-5-1-2-6-12(11)22-15/h1-2,5-6,10,13-14,23-24H,3-4,7-9H2,(H,21,22). The number of hydrogen-bond donors (Lipinski definition) is 3. The van der Waals surface area contributed by atoms with Gasteiger partial charge in [-0.1, -0.05) is 12.1 Å². The predicted molar refractivity (Wildman–Crippen MR) is 89.2 cm³/mol. The Kier molecular flexibility index (Phi) is 4.36. The molecule has 4 rings (SSSR count). The first-order valence-electron chi connectivity index (χ1n) is 8.73. The molecular weight excluding hydrogens is 347 g/mol. The van der Waals surface area contributed by atoms with Gasteiger partial charge in [0.2, 0.25) is 5.91 Å². The van der Waals surface area contributed by atoms with Gasteiger partial charge in [-0.05, 0) is 31.4 Å². The van der Waals surface area contributed by atoms with E-state index in [-0.39, 0.29) is 18.2 Å². The topological polar surface area (TPSA) is 73.1 Å². The minimum absolute atomic E-state index is 0.0628. The van der Waals surface area contributed by atoms with Gasteiger partial charge >= 0.3 is 6.18 Å². The lowest BCUT2D eigenvalue weighted by molar-refractivity contribution is -0.153. The van der Waals surface area contributed by atoms with E-state index in [1.807, 2.05) is 24.3 Å². The molecule has 0 saturated carbocycles. The van der Waals surface area contributed by atoms with Gasteiger partial charge in [0.15, 0.2) is 0 Å². The number of aromatic nitrogens is 2. The van der Waals surface area contributed by atoms with Crippen molar-refractivity contribution in [1.29, 1.82) is 0 Å². The van der Waals surface area contributed by atoms with E-state index in [4.69, 9.17) is 0 Å². The third-order valence-corrected chi connectivity index (χ3v) is 5.12. The van der Waals surface area contributed by atoms with E-state index >= 15 is 0 Å². The summed E-state index contributed by atoms with van der Waals surface area (Å²) in [6, 6.07) is 5.18. The fourth-order valence-electron chi connectivity index (χ4n) is 3.72. The van der Waals surface area contributed by atoms with E-state index in [0.717, 1.165) is 29.7 Å². The van der Waals surface area contributed by atoms with Gasteiger partial charge in [-0.15, -0.1) is 0 Å². The van der Waals surface area contributed by atoms with Crippen LogP contribution in [0.15, 0.2) is 24.3 Å². The summed E-state index contributed by atoms with van der Waals surface area (Å²) < 4.78 is 38.4. The van der Waals surface area contributed by atoms with Crippen molar-refractivity contribution in [2.75, 3.05) is 13.1 Å². The largest absolute Gasteiger partial charge is 0.405 e. The van der Waals surface area contributed by atoms with Gasteiger partial charge in [0.1, 0.15) is 17.9 Å². The highest BCUT2D eigenvalue weighted by Gasteiger charge is 2.47. The van der Waals surface area contributed by atoms with E-state index in [9.17, 15) is 18.0 Å². The lowest BCUT2D eigenvalue weighted by Gasteiger charge is -2.33. The molecule has 6 nitrogen and oxygen atoms in total. The number of nitrogens with one attached hydrogen (secondary N) is 3. The van der Waals surface area contributed by atoms with Crippen LogP contribution in [0.25, 0.3) is 11.0 Å². The molecule has 2 aromatic rings. The van der Waals surface area contributed by atoms with Crippen molar-refractivity contribution in [2.45, 2.75) is 43.4 Å². The first kappa shape index (κ1) is 17.3. The molecular formula is C17H20F3N5O. The van der Waals surface area contributed by atoms with Gasteiger partial charge in [-0.2, -0.15) is 13.2 Å². The fourth-order valence-corrected chi connectivity index (χ4v) is 3.72. The molecule has 3 N–H and O–H groups in total. The van der Waals surface area contributed by atoms with Crippen molar-refractivity contribution in [3.63, 3.8) is 0 Å². The average molecular weight is 367 g/mol. The second-order valence-corrected chi connectivity index (χ2v) is 6.93. The lowest BCUT2D eigenvalue weighted by Crippen LogP contribution is -2.49. The highest BCUT2D eigenvalue weighted by molar-refractivity contribution is 5.82. The number of aromatic amines is 1. The van der Waals surface area contributed by atoms with Crippen molar-refractivity contribution >= 4 is 16.9 Å². The van der Waals surface area contributed by atoms with Crippen LogP contribution < -0.4 is 10.9 Å². The first-order valence-corrected chi connectivity index (χ1v) is 8.73. The number of nitrogens with zero attached hydrogens (tertiary/aromatic N) is 2. The van der Waals surface area contributed by atoms with Crippen LogP contribution in [-0.4, -0.2) is 52.1 Å². The zero-order valence-electron chi connectivity index (χ0n) is 14.0. The Bertz CT molecular complexity index is 772. The minimum Gasteiger partial charge on any atom is -0.342 e. The van der Waals surface area contributed by atoms with Crippen LogP contribution in [-0.2, 0) is 4.79 Å². The van der Waals surface area contributed by atoms with Gasteiger partial charge in [0, 0.05) is 19.0 Å². The molecule has 3 atom stereocenters. The van der Waals surface area contributed by atoms with Crippen LogP contribution in [0.1, 0.15) is 31.0 Å². The Morgan fingerprint density at radius 1 is 1.23 bits per heavy atom. The molecule has 1 aromatic carbocycles. The second-order valence-electron chi connectivity index (χ2n) is 6.93. The van der Waals surface area contributed by atoms with E-state index in [0.29, 0.717) is 13.1 Å². The molecule has 2 saturated heterocycles. The Hall–Kier alpha value is -2.13. The number of hydrogen-bond acceptors (Lipinski definition) is 4.